The maximum Gasteiger partial charge on any atom is 0.324 e. The zero-order valence-corrected chi connectivity index (χ0v) is 12.5. The molecule has 104 valence electrons. The van der Waals surface area contributed by atoms with Crippen molar-refractivity contribution in [1.82, 2.24) is 5.32 Å². The first-order valence-corrected chi connectivity index (χ1v) is 7.63. The van der Waals surface area contributed by atoms with E-state index in [0.717, 1.165) is 12.2 Å². The summed E-state index contributed by atoms with van der Waals surface area (Å²) in [6.07, 6.45) is 0.935. The molecule has 1 aromatic carbocycles. The average Bonchev–Trinajstić information content (AvgIpc) is 2.77. The van der Waals surface area contributed by atoms with Crippen molar-refractivity contribution in [3.8, 4) is 0 Å². The lowest BCUT2D eigenvalue weighted by molar-refractivity contribution is -0.156. The lowest BCUT2D eigenvalue weighted by Crippen LogP contribution is -2.41. The normalized spacial score (nSPS) is 23.3. The van der Waals surface area contributed by atoms with Gasteiger partial charge in [-0.15, -0.1) is 11.8 Å². The van der Waals surface area contributed by atoms with Crippen LogP contribution < -0.4 is 5.32 Å². The smallest absolute Gasteiger partial charge is 0.324 e. The zero-order valence-electron chi connectivity index (χ0n) is 11.7. The molecule has 1 aliphatic heterocycles. The highest BCUT2D eigenvalue weighted by Crippen LogP contribution is 2.23. The quantitative estimate of drug-likeness (QED) is 0.863. The minimum absolute atomic E-state index is 0.143. The molecule has 0 amide bonds. The molecule has 0 radical (unpaired) electrons. The van der Waals surface area contributed by atoms with Gasteiger partial charge in [0.2, 0.25) is 0 Å². The summed E-state index contributed by atoms with van der Waals surface area (Å²) in [4.78, 5) is 12.0. The van der Waals surface area contributed by atoms with Crippen LogP contribution in [-0.4, -0.2) is 28.7 Å². The first kappa shape index (κ1) is 14.4. The lowest BCUT2D eigenvalue weighted by atomic mass is 10.1. The Kier molecular flexibility index (Phi) is 4.53. The summed E-state index contributed by atoms with van der Waals surface area (Å²) in [6, 6.07) is 10.1. The van der Waals surface area contributed by atoms with Crippen molar-refractivity contribution < 1.29 is 9.53 Å². The van der Waals surface area contributed by atoms with Crippen LogP contribution in [0, 0.1) is 0 Å². The van der Waals surface area contributed by atoms with Gasteiger partial charge in [-0.25, -0.2) is 0 Å². The molecule has 0 aliphatic carbocycles. The van der Waals surface area contributed by atoms with Gasteiger partial charge in [0.1, 0.15) is 11.6 Å². The van der Waals surface area contributed by atoms with E-state index in [4.69, 9.17) is 4.74 Å². The molecule has 1 saturated heterocycles. The van der Waals surface area contributed by atoms with E-state index in [-0.39, 0.29) is 12.0 Å². The predicted octanol–water partition coefficient (Wildman–Crippen LogP) is 2.60. The number of benzene rings is 1. The summed E-state index contributed by atoms with van der Waals surface area (Å²) in [5, 5.41) is 3.64. The van der Waals surface area contributed by atoms with E-state index in [1.54, 1.807) is 11.8 Å². The van der Waals surface area contributed by atoms with E-state index < -0.39 is 5.60 Å². The van der Waals surface area contributed by atoms with Gasteiger partial charge in [-0.05, 0) is 32.8 Å². The third kappa shape index (κ3) is 4.55. The summed E-state index contributed by atoms with van der Waals surface area (Å²) >= 11 is 1.79. The van der Waals surface area contributed by atoms with Crippen LogP contribution in [0.1, 0.15) is 26.3 Å². The lowest BCUT2D eigenvalue weighted by Gasteiger charge is -2.22. The van der Waals surface area contributed by atoms with Crippen LogP contribution >= 0.6 is 11.8 Å². The second-order valence-electron chi connectivity index (χ2n) is 5.76. The third-order valence-corrected chi connectivity index (χ3v) is 4.04. The fraction of sp³-hybridized carbons (Fsp3) is 0.533. The minimum atomic E-state index is -0.416. The van der Waals surface area contributed by atoms with E-state index in [0.29, 0.717) is 5.37 Å². The number of ether oxygens (including phenoxy) is 1. The molecule has 1 fully saturated rings. The zero-order chi connectivity index (χ0) is 13.9. The molecule has 19 heavy (non-hydrogen) atoms. The maximum absolute atomic E-state index is 12.0. The van der Waals surface area contributed by atoms with Crippen LogP contribution in [-0.2, 0) is 16.0 Å². The van der Waals surface area contributed by atoms with Crippen molar-refractivity contribution in [2.24, 2.45) is 0 Å². The van der Waals surface area contributed by atoms with E-state index >= 15 is 0 Å². The summed E-state index contributed by atoms with van der Waals surface area (Å²) in [5.74, 6) is 0.641. The summed E-state index contributed by atoms with van der Waals surface area (Å²) in [6.45, 7) is 5.69. The van der Waals surface area contributed by atoms with Crippen molar-refractivity contribution >= 4 is 17.7 Å². The molecule has 1 N–H and O–H groups in total. The van der Waals surface area contributed by atoms with E-state index in [1.807, 2.05) is 39.0 Å². The molecule has 0 spiro atoms. The molecule has 4 heteroatoms. The highest BCUT2D eigenvalue weighted by molar-refractivity contribution is 8.00. The SMILES string of the molecule is CC(C)(C)OC(=O)C1CSC(Cc2ccccc2)N1. The number of carbonyl (C=O) groups is 1. The molecule has 1 aromatic rings. The first-order valence-electron chi connectivity index (χ1n) is 6.58. The van der Waals surface area contributed by atoms with Crippen molar-refractivity contribution in [1.29, 1.82) is 0 Å². The van der Waals surface area contributed by atoms with Crippen LogP contribution in [0.2, 0.25) is 0 Å². The number of rotatable bonds is 3. The highest BCUT2D eigenvalue weighted by Gasteiger charge is 2.32. The molecule has 3 nitrogen and oxygen atoms in total. The number of esters is 1. The largest absolute Gasteiger partial charge is 0.459 e. The van der Waals surface area contributed by atoms with Gasteiger partial charge in [0.25, 0.3) is 0 Å². The number of carbonyl (C=O) groups excluding carboxylic acids is 1. The Bertz CT molecular complexity index is 428. The van der Waals surface area contributed by atoms with Gasteiger partial charge in [0, 0.05) is 5.75 Å². The van der Waals surface area contributed by atoms with Gasteiger partial charge in [-0.3, -0.25) is 10.1 Å². The molecule has 0 bridgehead atoms. The van der Waals surface area contributed by atoms with Crippen LogP contribution in [0.3, 0.4) is 0 Å². The van der Waals surface area contributed by atoms with Crippen molar-refractivity contribution in [2.45, 2.75) is 44.2 Å². The van der Waals surface area contributed by atoms with Gasteiger partial charge in [-0.1, -0.05) is 30.3 Å². The Morgan fingerprint density at radius 3 is 2.68 bits per heavy atom. The fourth-order valence-corrected chi connectivity index (χ4v) is 3.22. The molecule has 2 rings (SSSR count). The van der Waals surface area contributed by atoms with E-state index in [9.17, 15) is 4.79 Å². The second-order valence-corrected chi connectivity index (χ2v) is 7.00. The monoisotopic (exact) mass is 279 g/mol. The Hall–Kier alpha value is -1.00. The molecular weight excluding hydrogens is 258 g/mol. The van der Waals surface area contributed by atoms with Crippen molar-refractivity contribution in [2.75, 3.05) is 5.75 Å². The second kappa shape index (κ2) is 5.97. The summed E-state index contributed by atoms with van der Waals surface area (Å²) in [7, 11) is 0. The Morgan fingerprint density at radius 2 is 2.05 bits per heavy atom. The average molecular weight is 279 g/mol. The van der Waals surface area contributed by atoms with Gasteiger partial charge in [0.05, 0.1) is 5.37 Å². The fourth-order valence-electron chi connectivity index (χ4n) is 1.99. The number of hydrogen-bond acceptors (Lipinski definition) is 4. The Morgan fingerprint density at radius 1 is 1.37 bits per heavy atom. The summed E-state index contributed by atoms with van der Waals surface area (Å²) < 4.78 is 5.41. The van der Waals surface area contributed by atoms with E-state index in [1.165, 1.54) is 5.56 Å². The standard InChI is InChI=1S/C15H21NO2S/c1-15(2,3)18-14(17)12-10-19-13(16-12)9-11-7-5-4-6-8-11/h4-8,12-13,16H,9-10H2,1-3H3. The molecule has 2 atom stereocenters. The van der Waals surface area contributed by atoms with Crippen LogP contribution in [0.15, 0.2) is 30.3 Å². The van der Waals surface area contributed by atoms with E-state index in [2.05, 4.69) is 17.4 Å². The number of nitrogens with one attached hydrogen (secondary N) is 1. The van der Waals surface area contributed by atoms with Crippen LogP contribution in [0.4, 0.5) is 0 Å². The Labute approximate surface area is 119 Å². The topological polar surface area (TPSA) is 38.3 Å². The maximum atomic E-state index is 12.0. The van der Waals surface area contributed by atoms with Gasteiger partial charge >= 0.3 is 5.97 Å². The van der Waals surface area contributed by atoms with Gasteiger partial charge in [-0.2, -0.15) is 0 Å². The van der Waals surface area contributed by atoms with Crippen molar-refractivity contribution in [3.05, 3.63) is 35.9 Å². The first-order chi connectivity index (χ1) is 8.94. The molecule has 0 aromatic heterocycles. The minimum Gasteiger partial charge on any atom is -0.459 e. The number of thioether (sulfide) groups is 1. The van der Waals surface area contributed by atoms with Crippen molar-refractivity contribution in [3.63, 3.8) is 0 Å². The van der Waals surface area contributed by atoms with Crippen LogP contribution in [0.5, 0.6) is 0 Å². The predicted molar refractivity (Wildman–Crippen MR) is 79.2 cm³/mol. The highest BCUT2D eigenvalue weighted by atomic mass is 32.2. The molecule has 0 saturated carbocycles. The van der Waals surface area contributed by atoms with Crippen LogP contribution in [0.25, 0.3) is 0 Å². The van der Waals surface area contributed by atoms with Gasteiger partial charge < -0.3 is 4.74 Å². The third-order valence-electron chi connectivity index (χ3n) is 2.81. The molecular formula is C15H21NO2S. The molecule has 1 aliphatic rings. The molecule has 2 unspecified atom stereocenters. The number of hydrogen-bond donors (Lipinski definition) is 1. The Balaban J connectivity index is 1.85. The summed E-state index contributed by atoms with van der Waals surface area (Å²) in [5.41, 5.74) is 0.873. The molecule has 1 heterocycles. The van der Waals surface area contributed by atoms with Gasteiger partial charge in [0.15, 0.2) is 0 Å².